The van der Waals surface area contributed by atoms with E-state index in [0.717, 1.165) is 44.7 Å². The van der Waals surface area contributed by atoms with Gasteiger partial charge in [-0.2, -0.15) is 0 Å². The average molecular weight is 370 g/mol. The summed E-state index contributed by atoms with van der Waals surface area (Å²) in [4.78, 5) is 2.62. The zero-order valence-electron chi connectivity index (χ0n) is 12.7. The summed E-state index contributed by atoms with van der Waals surface area (Å²) in [6, 6.07) is 7.13. The van der Waals surface area contributed by atoms with Crippen LogP contribution in [-0.4, -0.2) is 52.6 Å². The van der Waals surface area contributed by atoms with E-state index >= 15 is 0 Å². The average Bonchev–Trinajstić information content (AvgIpc) is 2.48. The van der Waals surface area contributed by atoms with Crippen molar-refractivity contribution < 1.29 is 8.42 Å². The van der Waals surface area contributed by atoms with Gasteiger partial charge >= 0.3 is 0 Å². The van der Waals surface area contributed by atoms with E-state index in [2.05, 4.69) is 14.9 Å². The molecule has 1 aliphatic rings. The molecule has 1 saturated heterocycles. The number of halogens is 2. The highest BCUT2D eigenvalue weighted by Gasteiger charge is 2.15. The van der Waals surface area contributed by atoms with E-state index in [1.165, 1.54) is 0 Å². The molecule has 0 unspecified atom stereocenters. The maximum absolute atomic E-state index is 12.2. The third-order valence-electron chi connectivity index (χ3n) is 3.55. The molecule has 22 heavy (non-hydrogen) atoms. The van der Waals surface area contributed by atoms with Gasteiger partial charge in [-0.15, -0.1) is 24.8 Å². The lowest BCUT2D eigenvalue weighted by Gasteiger charge is -2.27. The van der Waals surface area contributed by atoms with Gasteiger partial charge < -0.3 is 5.32 Å². The standard InChI is InChI=1S/C14H23N3O2S.2ClH/c1-2-13-4-3-5-14(12-13)20(18,19)16-8-11-17-9-6-15-7-10-17;;/h3-5,12,15-16H,2,6-11H2,1H3;2*1H. The smallest absolute Gasteiger partial charge is 0.240 e. The number of nitrogens with one attached hydrogen (secondary N) is 2. The highest BCUT2D eigenvalue weighted by atomic mass is 35.5. The van der Waals surface area contributed by atoms with Crippen molar-refractivity contribution >= 4 is 34.8 Å². The van der Waals surface area contributed by atoms with Crippen LogP contribution in [0.3, 0.4) is 0 Å². The molecule has 8 heteroatoms. The van der Waals surface area contributed by atoms with Gasteiger partial charge in [-0.05, 0) is 24.1 Å². The Hall–Kier alpha value is -0.370. The van der Waals surface area contributed by atoms with E-state index in [1.54, 1.807) is 18.2 Å². The van der Waals surface area contributed by atoms with Crippen LogP contribution in [0.4, 0.5) is 0 Å². The molecule has 1 heterocycles. The van der Waals surface area contributed by atoms with Gasteiger partial charge in [0.05, 0.1) is 4.90 Å². The maximum atomic E-state index is 12.2. The molecule has 0 atom stereocenters. The number of piperazine rings is 1. The molecule has 0 bridgehead atoms. The topological polar surface area (TPSA) is 61.4 Å². The largest absolute Gasteiger partial charge is 0.314 e. The molecule has 0 amide bonds. The number of benzene rings is 1. The zero-order valence-corrected chi connectivity index (χ0v) is 15.2. The molecule has 0 radical (unpaired) electrons. The van der Waals surface area contributed by atoms with Crippen LogP contribution < -0.4 is 10.0 Å². The predicted molar refractivity (Wildman–Crippen MR) is 94.8 cm³/mol. The number of aryl methyl sites for hydroxylation is 1. The number of hydrogen-bond donors (Lipinski definition) is 2. The van der Waals surface area contributed by atoms with Crippen molar-refractivity contribution in [3.05, 3.63) is 29.8 Å². The molecule has 0 aliphatic carbocycles. The Morgan fingerprint density at radius 3 is 2.55 bits per heavy atom. The monoisotopic (exact) mass is 369 g/mol. The Balaban J connectivity index is 0.00000220. The van der Waals surface area contributed by atoms with Gasteiger partial charge in [-0.1, -0.05) is 19.1 Å². The summed E-state index contributed by atoms with van der Waals surface area (Å²) in [5, 5.41) is 3.28. The number of hydrogen-bond acceptors (Lipinski definition) is 4. The summed E-state index contributed by atoms with van der Waals surface area (Å²) in [5.74, 6) is 0. The van der Waals surface area contributed by atoms with Gasteiger partial charge in [-0.25, -0.2) is 13.1 Å². The number of nitrogens with zero attached hydrogens (tertiary/aromatic N) is 1. The molecular formula is C14H25Cl2N3O2S. The molecule has 2 rings (SSSR count). The van der Waals surface area contributed by atoms with Crippen molar-refractivity contribution in [3.8, 4) is 0 Å². The SMILES string of the molecule is CCc1cccc(S(=O)(=O)NCCN2CCNCC2)c1.Cl.Cl. The summed E-state index contributed by atoms with van der Waals surface area (Å²) in [7, 11) is -3.39. The molecular weight excluding hydrogens is 345 g/mol. The van der Waals surface area contributed by atoms with Crippen molar-refractivity contribution in [1.29, 1.82) is 0 Å². The lowest BCUT2D eigenvalue weighted by molar-refractivity contribution is 0.245. The Morgan fingerprint density at radius 1 is 1.23 bits per heavy atom. The Morgan fingerprint density at radius 2 is 1.91 bits per heavy atom. The third kappa shape index (κ3) is 6.40. The first-order valence-electron chi connectivity index (χ1n) is 7.13. The van der Waals surface area contributed by atoms with Crippen molar-refractivity contribution in [2.75, 3.05) is 39.3 Å². The van der Waals surface area contributed by atoms with Crippen molar-refractivity contribution in [2.45, 2.75) is 18.2 Å². The first kappa shape index (κ1) is 21.6. The van der Waals surface area contributed by atoms with Crippen molar-refractivity contribution in [3.63, 3.8) is 0 Å². The number of rotatable bonds is 6. The summed E-state index contributed by atoms with van der Waals surface area (Å²) in [6.45, 7) is 7.15. The van der Waals surface area contributed by atoms with Crippen LogP contribution >= 0.6 is 24.8 Å². The van der Waals surface area contributed by atoms with Crippen LogP contribution in [0.15, 0.2) is 29.2 Å². The van der Waals surface area contributed by atoms with Gasteiger partial charge in [0.25, 0.3) is 0 Å². The zero-order chi connectivity index (χ0) is 14.4. The van der Waals surface area contributed by atoms with Crippen LogP contribution in [0.25, 0.3) is 0 Å². The van der Waals surface area contributed by atoms with Crippen LogP contribution in [0, 0.1) is 0 Å². The molecule has 128 valence electrons. The minimum Gasteiger partial charge on any atom is -0.314 e. The van der Waals surface area contributed by atoms with E-state index in [4.69, 9.17) is 0 Å². The van der Waals surface area contributed by atoms with Crippen LogP contribution in [0.2, 0.25) is 0 Å². The van der Waals surface area contributed by atoms with Gasteiger partial charge in [0.1, 0.15) is 0 Å². The molecule has 2 N–H and O–H groups in total. The van der Waals surface area contributed by atoms with E-state index in [0.29, 0.717) is 11.4 Å². The van der Waals surface area contributed by atoms with Gasteiger partial charge in [-0.3, -0.25) is 4.90 Å². The van der Waals surface area contributed by atoms with Crippen LogP contribution in [0.1, 0.15) is 12.5 Å². The normalized spacial score (nSPS) is 15.7. The van der Waals surface area contributed by atoms with E-state index in [1.807, 2.05) is 13.0 Å². The molecule has 0 saturated carbocycles. The van der Waals surface area contributed by atoms with Crippen LogP contribution in [0.5, 0.6) is 0 Å². The minimum absolute atomic E-state index is 0. The second kappa shape index (κ2) is 10.4. The Kier molecular flexibility index (Phi) is 10.2. The Labute approximate surface area is 145 Å². The number of sulfonamides is 1. The fourth-order valence-corrected chi connectivity index (χ4v) is 3.38. The second-order valence-electron chi connectivity index (χ2n) is 4.99. The predicted octanol–water partition coefficient (Wildman–Crippen LogP) is 1.28. The first-order chi connectivity index (χ1) is 9.62. The molecule has 5 nitrogen and oxygen atoms in total. The minimum atomic E-state index is -3.39. The molecule has 0 aromatic heterocycles. The molecule has 1 aromatic rings. The quantitative estimate of drug-likeness (QED) is 0.792. The van der Waals surface area contributed by atoms with Gasteiger partial charge in [0, 0.05) is 39.3 Å². The summed E-state index contributed by atoms with van der Waals surface area (Å²) < 4.78 is 27.1. The molecule has 1 aromatic carbocycles. The summed E-state index contributed by atoms with van der Waals surface area (Å²) in [6.07, 6.45) is 0.837. The van der Waals surface area contributed by atoms with Crippen molar-refractivity contribution in [1.82, 2.24) is 14.9 Å². The highest BCUT2D eigenvalue weighted by molar-refractivity contribution is 7.89. The maximum Gasteiger partial charge on any atom is 0.240 e. The second-order valence-corrected chi connectivity index (χ2v) is 6.76. The fourth-order valence-electron chi connectivity index (χ4n) is 2.29. The molecule has 1 aliphatic heterocycles. The van der Waals surface area contributed by atoms with E-state index in [9.17, 15) is 8.42 Å². The summed E-state index contributed by atoms with van der Waals surface area (Å²) in [5.41, 5.74) is 1.04. The van der Waals surface area contributed by atoms with Gasteiger partial charge in [0.2, 0.25) is 10.0 Å². The van der Waals surface area contributed by atoms with Crippen molar-refractivity contribution in [2.24, 2.45) is 0 Å². The van der Waals surface area contributed by atoms with Gasteiger partial charge in [0.15, 0.2) is 0 Å². The van der Waals surface area contributed by atoms with Crippen LogP contribution in [-0.2, 0) is 16.4 Å². The highest BCUT2D eigenvalue weighted by Crippen LogP contribution is 2.11. The molecule has 1 fully saturated rings. The van der Waals surface area contributed by atoms with E-state index in [-0.39, 0.29) is 24.8 Å². The lowest BCUT2D eigenvalue weighted by Crippen LogP contribution is -2.46. The lowest BCUT2D eigenvalue weighted by atomic mass is 10.2. The first-order valence-corrected chi connectivity index (χ1v) is 8.62. The fraction of sp³-hybridized carbons (Fsp3) is 0.571. The Bertz CT molecular complexity index is 535. The summed E-state index contributed by atoms with van der Waals surface area (Å²) >= 11 is 0. The third-order valence-corrected chi connectivity index (χ3v) is 5.01. The molecule has 0 spiro atoms. The van der Waals surface area contributed by atoms with E-state index < -0.39 is 10.0 Å².